The first-order valence-electron chi connectivity index (χ1n) is 9.36. The van der Waals surface area contributed by atoms with Crippen LogP contribution in [0.15, 0.2) is 60.7 Å². The molecule has 2 N–H and O–H groups in total. The van der Waals surface area contributed by atoms with Crippen molar-refractivity contribution in [2.45, 2.75) is 26.4 Å². The van der Waals surface area contributed by atoms with Crippen molar-refractivity contribution in [3.8, 4) is 17.2 Å². The van der Waals surface area contributed by atoms with Crippen LogP contribution in [0.25, 0.3) is 32.9 Å². The molecule has 0 spiro atoms. The fourth-order valence-electron chi connectivity index (χ4n) is 3.63. The molecule has 0 radical (unpaired) electrons. The van der Waals surface area contributed by atoms with Gasteiger partial charge < -0.3 is 10.5 Å². The molecule has 0 unspecified atom stereocenters. The highest BCUT2D eigenvalue weighted by molar-refractivity contribution is 6.19. The summed E-state index contributed by atoms with van der Waals surface area (Å²) in [5.41, 5.74) is 9.46. The number of nitriles is 1. The summed E-state index contributed by atoms with van der Waals surface area (Å²) in [6.45, 7) is 5.49. The van der Waals surface area contributed by atoms with Crippen LogP contribution in [-0.2, 0) is 4.74 Å². The summed E-state index contributed by atoms with van der Waals surface area (Å²) in [7, 11) is 0. The Morgan fingerprint density at radius 3 is 2.34 bits per heavy atom. The zero-order valence-electron chi connectivity index (χ0n) is 16.6. The van der Waals surface area contributed by atoms with Crippen LogP contribution in [0.4, 0.5) is 10.5 Å². The molecule has 5 nitrogen and oxygen atoms in total. The minimum absolute atomic E-state index is 0.363. The lowest BCUT2D eigenvalue weighted by molar-refractivity contribution is 0.0551. The number of nitrogens with zero attached hydrogens (tertiary/aromatic N) is 2. The molecule has 0 saturated heterocycles. The van der Waals surface area contributed by atoms with Gasteiger partial charge in [0.15, 0.2) is 0 Å². The van der Waals surface area contributed by atoms with E-state index >= 15 is 0 Å². The van der Waals surface area contributed by atoms with Gasteiger partial charge in [-0.1, -0.05) is 48.5 Å². The standard InChI is InChI=1S/C24H21N3O2/c1-24(2,3)29-23(28)27-19-12-8-7-11-16(19)21-20(27)13-17(18(14-25)22(21)26)15-9-5-4-6-10-15/h4-13H,26H2,1-3H3. The molecule has 0 aliphatic rings. The molecule has 144 valence electrons. The lowest BCUT2D eigenvalue weighted by Crippen LogP contribution is -2.27. The fraction of sp³-hybridized carbons (Fsp3) is 0.167. The lowest BCUT2D eigenvalue weighted by Gasteiger charge is -2.20. The van der Waals surface area contributed by atoms with E-state index in [2.05, 4.69) is 6.07 Å². The predicted molar refractivity (Wildman–Crippen MR) is 116 cm³/mol. The fourth-order valence-corrected chi connectivity index (χ4v) is 3.63. The summed E-state index contributed by atoms with van der Waals surface area (Å²) in [5.74, 6) is 0. The van der Waals surface area contributed by atoms with Gasteiger partial charge in [0.25, 0.3) is 0 Å². The van der Waals surface area contributed by atoms with Gasteiger partial charge in [-0.05, 0) is 38.5 Å². The topological polar surface area (TPSA) is 81.0 Å². The number of hydrogen-bond acceptors (Lipinski definition) is 4. The summed E-state index contributed by atoms with van der Waals surface area (Å²) in [5, 5.41) is 11.3. The van der Waals surface area contributed by atoms with Crippen LogP contribution in [0.5, 0.6) is 0 Å². The van der Waals surface area contributed by atoms with Gasteiger partial charge in [-0.25, -0.2) is 9.36 Å². The van der Waals surface area contributed by atoms with E-state index < -0.39 is 11.7 Å². The Morgan fingerprint density at radius 2 is 1.69 bits per heavy atom. The second kappa shape index (κ2) is 6.68. The van der Waals surface area contributed by atoms with Gasteiger partial charge in [0.2, 0.25) is 0 Å². The van der Waals surface area contributed by atoms with E-state index in [1.165, 1.54) is 0 Å². The molecule has 4 rings (SSSR count). The molecule has 0 bridgehead atoms. The molecule has 0 saturated carbocycles. The van der Waals surface area contributed by atoms with Gasteiger partial charge in [0.1, 0.15) is 11.7 Å². The number of benzene rings is 3. The van der Waals surface area contributed by atoms with E-state index in [4.69, 9.17) is 10.5 Å². The third-order valence-electron chi connectivity index (χ3n) is 4.77. The average Bonchev–Trinajstić information content (AvgIpc) is 3.02. The van der Waals surface area contributed by atoms with Crippen molar-refractivity contribution < 1.29 is 9.53 Å². The maximum Gasteiger partial charge on any atom is 0.419 e. The number of rotatable bonds is 1. The number of nitrogens with two attached hydrogens (primary N) is 1. The third kappa shape index (κ3) is 3.09. The molecular weight excluding hydrogens is 362 g/mol. The first-order chi connectivity index (χ1) is 13.8. The first-order valence-corrected chi connectivity index (χ1v) is 9.36. The van der Waals surface area contributed by atoms with E-state index in [1.54, 1.807) is 4.57 Å². The predicted octanol–water partition coefficient (Wildman–Crippen LogP) is 5.70. The maximum absolute atomic E-state index is 13.1. The Labute approximate surface area is 168 Å². The molecule has 5 heteroatoms. The molecule has 3 aromatic carbocycles. The van der Waals surface area contributed by atoms with Gasteiger partial charge in [0, 0.05) is 16.3 Å². The minimum Gasteiger partial charge on any atom is -0.443 e. The Hall–Kier alpha value is -3.78. The second-order valence-corrected chi connectivity index (χ2v) is 7.92. The highest BCUT2D eigenvalue weighted by Crippen LogP contribution is 2.40. The lowest BCUT2D eigenvalue weighted by atomic mass is 9.96. The van der Waals surface area contributed by atoms with Gasteiger partial charge in [-0.2, -0.15) is 5.26 Å². The quantitative estimate of drug-likeness (QED) is 0.428. The number of hydrogen-bond donors (Lipinski definition) is 1. The number of carbonyl (C=O) groups is 1. The summed E-state index contributed by atoms with van der Waals surface area (Å²) < 4.78 is 7.20. The van der Waals surface area contributed by atoms with Crippen molar-refractivity contribution >= 4 is 33.6 Å². The van der Waals surface area contributed by atoms with Crippen LogP contribution < -0.4 is 5.73 Å². The highest BCUT2D eigenvalue weighted by atomic mass is 16.6. The monoisotopic (exact) mass is 383 g/mol. The van der Waals surface area contributed by atoms with Gasteiger partial charge in [0.05, 0.1) is 22.3 Å². The minimum atomic E-state index is -0.644. The largest absolute Gasteiger partial charge is 0.443 e. The molecule has 0 amide bonds. The van der Waals surface area contributed by atoms with Crippen LogP contribution in [-0.4, -0.2) is 16.3 Å². The van der Waals surface area contributed by atoms with Crippen LogP contribution in [0.2, 0.25) is 0 Å². The smallest absolute Gasteiger partial charge is 0.419 e. The summed E-state index contributed by atoms with van der Waals surface area (Å²) >= 11 is 0. The van der Waals surface area contributed by atoms with E-state index in [1.807, 2.05) is 81.4 Å². The number of carbonyl (C=O) groups excluding carboxylic acids is 1. The van der Waals surface area contributed by atoms with Gasteiger partial charge in [-0.15, -0.1) is 0 Å². The van der Waals surface area contributed by atoms with E-state index in [-0.39, 0.29) is 0 Å². The first kappa shape index (κ1) is 18.6. The number of nitrogen functional groups attached to an aromatic ring is 1. The number of aromatic nitrogens is 1. The molecule has 29 heavy (non-hydrogen) atoms. The maximum atomic E-state index is 13.1. The van der Waals surface area contributed by atoms with E-state index in [9.17, 15) is 10.1 Å². The van der Waals surface area contributed by atoms with Crippen molar-refractivity contribution in [3.05, 3.63) is 66.2 Å². The van der Waals surface area contributed by atoms with Gasteiger partial charge in [-0.3, -0.25) is 0 Å². The molecule has 1 aromatic heterocycles. The van der Waals surface area contributed by atoms with Crippen molar-refractivity contribution in [1.29, 1.82) is 5.26 Å². The number of ether oxygens (including phenoxy) is 1. The van der Waals surface area contributed by atoms with Crippen molar-refractivity contribution in [3.63, 3.8) is 0 Å². The van der Waals surface area contributed by atoms with Crippen LogP contribution in [0, 0.1) is 11.3 Å². The Kier molecular flexibility index (Phi) is 4.28. The summed E-state index contributed by atoms with van der Waals surface area (Å²) in [6, 6.07) is 21.2. The van der Waals surface area contributed by atoms with Crippen LogP contribution >= 0.6 is 0 Å². The van der Waals surface area contributed by atoms with Crippen LogP contribution in [0.1, 0.15) is 26.3 Å². The van der Waals surface area contributed by atoms with E-state index in [0.717, 1.165) is 10.9 Å². The molecule has 4 aromatic rings. The molecular formula is C24H21N3O2. The molecule has 0 atom stereocenters. The zero-order valence-corrected chi connectivity index (χ0v) is 16.6. The Bertz CT molecular complexity index is 1290. The van der Waals surface area contributed by atoms with E-state index in [0.29, 0.717) is 33.2 Å². The van der Waals surface area contributed by atoms with Gasteiger partial charge >= 0.3 is 6.09 Å². The number of anilines is 1. The van der Waals surface area contributed by atoms with Crippen molar-refractivity contribution in [2.24, 2.45) is 0 Å². The Balaban J connectivity index is 2.13. The normalized spacial score (nSPS) is 11.5. The number of fused-ring (bicyclic) bond motifs is 3. The average molecular weight is 383 g/mol. The summed E-state index contributed by atoms with van der Waals surface area (Å²) in [4.78, 5) is 13.1. The number of para-hydroxylation sites is 1. The SMILES string of the molecule is CC(C)(C)OC(=O)n1c2ccccc2c2c(N)c(C#N)c(-c3ccccc3)cc21. The highest BCUT2D eigenvalue weighted by Gasteiger charge is 2.25. The zero-order chi connectivity index (χ0) is 20.8. The molecule has 0 fully saturated rings. The Morgan fingerprint density at radius 1 is 1.03 bits per heavy atom. The molecule has 0 aliphatic carbocycles. The molecule has 1 heterocycles. The third-order valence-corrected chi connectivity index (χ3v) is 4.77. The summed E-state index contributed by atoms with van der Waals surface area (Å²) in [6.07, 6.45) is -0.480. The van der Waals surface area contributed by atoms with Crippen LogP contribution in [0.3, 0.4) is 0 Å². The van der Waals surface area contributed by atoms with Crippen molar-refractivity contribution in [1.82, 2.24) is 4.57 Å². The molecule has 0 aliphatic heterocycles. The van der Waals surface area contributed by atoms with Crippen molar-refractivity contribution in [2.75, 3.05) is 5.73 Å². The second-order valence-electron chi connectivity index (χ2n) is 7.92.